The van der Waals surface area contributed by atoms with Gasteiger partial charge in [-0.15, -0.1) is 11.3 Å². The monoisotopic (exact) mass is 363 g/mol. The number of nitrogens with zero attached hydrogens (tertiary/aromatic N) is 2. The topological polar surface area (TPSA) is 56.1 Å². The number of hydrogen-bond donors (Lipinski definition) is 1. The van der Waals surface area contributed by atoms with Gasteiger partial charge in [-0.25, -0.2) is 0 Å². The zero-order valence-corrected chi connectivity index (χ0v) is 13.9. The highest BCUT2D eigenvalue weighted by Crippen LogP contribution is 2.22. The Balaban J connectivity index is 1.91. The van der Waals surface area contributed by atoms with Crippen LogP contribution >= 0.6 is 27.3 Å². The van der Waals surface area contributed by atoms with Crippen molar-refractivity contribution in [2.24, 2.45) is 0 Å². The van der Waals surface area contributed by atoms with Crippen LogP contribution in [0.3, 0.4) is 0 Å². The minimum atomic E-state index is -0.122. The number of halogens is 1. The van der Waals surface area contributed by atoms with Gasteiger partial charge in [0.25, 0.3) is 0 Å². The van der Waals surface area contributed by atoms with E-state index < -0.39 is 0 Å². The highest BCUT2D eigenvalue weighted by atomic mass is 79.9. The summed E-state index contributed by atoms with van der Waals surface area (Å²) in [5.41, 5.74) is 1.63. The summed E-state index contributed by atoms with van der Waals surface area (Å²) < 4.78 is 1.03. The van der Waals surface area contributed by atoms with Gasteiger partial charge in [0, 0.05) is 11.0 Å². The molecule has 0 aliphatic heterocycles. The van der Waals surface area contributed by atoms with Crippen LogP contribution < -0.4 is 5.32 Å². The smallest absolute Gasteiger partial charge is 0.239 e. The SMILES string of the molecule is CN(CC(=O)Nc1sccc1C#N)Cc1ccccc1Br. The number of rotatable bonds is 5. The molecule has 1 amide bonds. The Bertz CT molecular complexity index is 678. The molecule has 108 valence electrons. The van der Waals surface area contributed by atoms with Crippen LogP contribution in [0.15, 0.2) is 40.2 Å². The molecule has 1 N–H and O–H groups in total. The molecule has 1 aromatic heterocycles. The number of anilines is 1. The highest BCUT2D eigenvalue weighted by Gasteiger charge is 2.11. The highest BCUT2D eigenvalue weighted by molar-refractivity contribution is 9.10. The summed E-state index contributed by atoms with van der Waals surface area (Å²) in [5, 5.41) is 14.1. The lowest BCUT2D eigenvalue weighted by molar-refractivity contribution is -0.117. The molecule has 0 fully saturated rings. The zero-order valence-electron chi connectivity index (χ0n) is 11.5. The second-order valence-electron chi connectivity index (χ2n) is 4.59. The van der Waals surface area contributed by atoms with Crippen molar-refractivity contribution in [3.63, 3.8) is 0 Å². The Morgan fingerprint density at radius 2 is 2.19 bits per heavy atom. The quantitative estimate of drug-likeness (QED) is 0.884. The molecular formula is C15H14BrN3OS. The first-order valence-corrected chi connectivity index (χ1v) is 7.97. The molecule has 0 bridgehead atoms. The molecule has 1 aromatic carbocycles. The summed E-state index contributed by atoms with van der Waals surface area (Å²) in [4.78, 5) is 13.9. The van der Waals surface area contributed by atoms with Crippen LogP contribution in [0.2, 0.25) is 0 Å². The number of thiophene rings is 1. The van der Waals surface area contributed by atoms with E-state index in [1.807, 2.05) is 36.2 Å². The zero-order chi connectivity index (χ0) is 15.2. The first-order valence-electron chi connectivity index (χ1n) is 6.29. The molecule has 0 atom stereocenters. The molecule has 4 nitrogen and oxygen atoms in total. The van der Waals surface area contributed by atoms with Gasteiger partial charge < -0.3 is 5.32 Å². The summed E-state index contributed by atoms with van der Waals surface area (Å²) in [6.07, 6.45) is 0. The van der Waals surface area contributed by atoms with Crippen molar-refractivity contribution >= 4 is 38.2 Å². The summed E-state index contributed by atoms with van der Waals surface area (Å²) >= 11 is 4.85. The Morgan fingerprint density at radius 3 is 2.90 bits per heavy atom. The van der Waals surface area contributed by atoms with E-state index in [0.29, 0.717) is 17.1 Å². The summed E-state index contributed by atoms with van der Waals surface area (Å²) in [5.74, 6) is -0.122. The van der Waals surface area contributed by atoms with Crippen molar-refractivity contribution in [3.05, 3.63) is 51.3 Å². The number of amides is 1. The first kappa shape index (κ1) is 15.7. The molecule has 2 rings (SSSR count). The number of nitrogens with one attached hydrogen (secondary N) is 1. The van der Waals surface area contributed by atoms with E-state index in [2.05, 4.69) is 27.3 Å². The molecule has 0 saturated carbocycles. The van der Waals surface area contributed by atoms with Gasteiger partial charge in [-0.3, -0.25) is 9.69 Å². The van der Waals surface area contributed by atoms with Gasteiger partial charge in [-0.1, -0.05) is 34.1 Å². The predicted molar refractivity (Wildman–Crippen MR) is 88.1 cm³/mol. The number of carbonyl (C=O) groups excluding carboxylic acids is 1. The van der Waals surface area contributed by atoms with Crippen molar-refractivity contribution < 1.29 is 4.79 Å². The molecular weight excluding hydrogens is 350 g/mol. The Morgan fingerprint density at radius 1 is 1.43 bits per heavy atom. The van der Waals surface area contributed by atoms with Gasteiger partial charge in [0.1, 0.15) is 11.1 Å². The first-order chi connectivity index (χ1) is 10.1. The van der Waals surface area contributed by atoms with E-state index in [1.165, 1.54) is 11.3 Å². The fourth-order valence-corrected chi connectivity index (χ4v) is 3.04. The third-order valence-electron chi connectivity index (χ3n) is 2.85. The van der Waals surface area contributed by atoms with Gasteiger partial charge in [0.2, 0.25) is 5.91 Å². The maximum absolute atomic E-state index is 12.0. The van der Waals surface area contributed by atoms with E-state index in [1.54, 1.807) is 11.4 Å². The van der Waals surface area contributed by atoms with Crippen molar-refractivity contribution in [1.29, 1.82) is 5.26 Å². The van der Waals surface area contributed by atoms with E-state index in [4.69, 9.17) is 5.26 Å². The number of hydrogen-bond acceptors (Lipinski definition) is 4. The fourth-order valence-electron chi connectivity index (χ4n) is 1.88. The Kier molecular flexibility index (Phi) is 5.51. The van der Waals surface area contributed by atoms with Crippen LogP contribution in [0.4, 0.5) is 5.00 Å². The average Bonchev–Trinajstić information content (AvgIpc) is 2.88. The summed E-state index contributed by atoms with van der Waals surface area (Å²) in [6, 6.07) is 11.7. The standard InChI is InChI=1S/C15H14BrN3OS/c1-19(9-12-4-2-3-5-13(12)16)10-14(20)18-15-11(8-17)6-7-21-15/h2-7H,9-10H2,1H3,(H,18,20). The minimum Gasteiger partial charge on any atom is -0.315 e. The lowest BCUT2D eigenvalue weighted by Gasteiger charge is -2.17. The van der Waals surface area contributed by atoms with Crippen LogP contribution in [0.25, 0.3) is 0 Å². The Hall–Kier alpha value is -1.68. The van der Waals surface area contributed by atoms with Crippen LogP contribution in [-0.2, 0) is 11.3 Å². The lowest BCUT2D eigenvalue weighted by atomic mass is 10.2. The number of likely N-dealkylation sites (N-methyl/N-ethyl adjacent to an activating group) is 1. The largest absolute Gasteiger partial charge is 0.315 e. The van der Waals surface area contributed by atoms with E-state index >= 15 is 0 Å². The van der Waals surface area contributed by atoms with Crippen molar-refractivity contribution in [1.82, 2.24) is 4.90 Å². The third kappa shape index (κ3) is 4.39. The maximum atomic E-state index is 12.0. The van der Waals surface area contributed by atoms with Crippen LogP contribution in [0, 0.1) is 11.3 Å². The molecule has 0 spiro atoms. The normalized spacial score (nSPS) is 10.4. The van der Waals surface area contributed by atoms with Crippen molar-refractivity contribution in [2.45, 2.75) is 6.54 Å². The second-order valence-corrected chi connectivity index (χ2v) is 6.36. The van der Waals surface area contributed by atoms with Gasteiger partial charge in [-0.2, -0.15) is 5.26 Å². The van der Waals surface area contributed by atoms with Crippen LogP contribution in [0.5, 0.6) is 0 Å². The maximum Gasteiger partial charge on any atom is 0.239 e. The van der Waals surface area contributed by atoms with Gasteiger partial charge in [0.15, 0.2) is 0 Å². The molecule has 0 aliphatic carbocycles. The van der Waals surface area contributed by atoms with Gasteiger partial charge in [0.05, 0.1) is 12.1 Å². The number of carbonyl (C=O) groups is 1. The molecule has 0 radical (unpaired) electrons. The molecule has 0 unspecified atom stereocenters. The van der Waals surface area contributed by atoms with Crippen LogP contribution in [0.1, 0.15) is 11.1 Å². The van der Waals surface area contributed by atoms with Crippen molar-refractivity contribution in [2.75, 3.05) is 18.9 Å². The average molecular weight is 364 g/mol. The van der Waals surface area contributed by atoms with Gasteiger partial charge >= 0.3 is 0 Å². The molecule has 2 aromatic rings. The predicted octanol–water partition coefficient (Wildman–Crippen LogP) is 3.45. The van der Waals surface area contributed by atoms with Crippen LogP contribution in [-0.4, -0.2) is 24.4 Å². The molecule has 0 aliphatic rings. The number of benzene rings is 1. The Labute approximate surface area is 136 Å². The lowest BCUT2D eigenvalue weighted by Crippen LogP contribution is -2.29. The van der Waals surface area contributed by atoms with Crippen molar-refractivity contribution in [3.8, 4) is 6.07 Å². The summed E-state index contributed by atoms with van der Waals surface area (Å²) in [6.45, 7) is 0.939. The minimum absolute atomic E-state index is 0.122. The fraction of sp³-hybridized carbons (Fsp3) is 0.200. The van der Waals surface area contributed by atoms with Gasteiger partial charge in [-0.05, 0) is 30.1 Å². The number of nitriles is 1. The molecule has 21 heavy (non-hydrogen) atoms. The van der Waals surface area contributed by atoms with E-state index in [9.17, 15) is 4.79 Å². The van der Waals surface area contributed by atoms with E-state index in [0.717, 1.165) is 10.0 Å². The summed E-state index contributed by atoms with van der Waals surface area (Å²) in [7, 11) is 1.89. The molecule has 6 heteroatoms. The third-order valence-corrected chi connectivity index (χ3v) is 4.45. The molecule has 0 saturated heterocycles. The second kappa shape index (κ2) is 7.36. The molecule has 1 heterocycles. The van der Waals surface area contributed by atoms with E-state index in [-0.39, 0.29) is 12.5 Å².